The number of benzene rings is 4. The Kier molecular flexibility index (Phi) is 13.5. The number of nitrogens with one attached hydrogen (secondary N) is 4. The van der Waals surface area contributed by atoms with Gasteiger partial charge in [-0.25, -0.2) is 16.8 Å². The first-order chi connectivity index (χ1) is 27.1. The Labute approximate surface area is 344 Å². The second kappa shape index (κ2) is 17.8. The van der Waals surface area contributed by atoms with Gasteiger partial charge < -0.3 is 10.6 Å². The number of anilines is 4. The predicted molar refractivity (Wildman–Crippen MR) is 212 cm³/mol. The topological polar surface area (TPSA) is 151 Å². The van der Waals surface area contributed by atoms with Crippen LogP contribution in [-0.4, -0.2) is 28.6 Å². The van der Waals surface area contributed by atoms with Crippen LogP contribution in [0.1, 0.15) is 30.5 Å². The maximum atomic E-state index is 13.2. The summed E-state index contributed by atoms with van der Waals surface area (Å²) in [7, 11) is -8.94. The molecule has 0 bridgehead atoms. The van der Waals surface area contributed by atoms with Gasteiger partial charge in [-0.1, -0.05) is 47.5 Å². The second-order valence-corrected chi connectivity index (χ2v) is 17.5. The maximum Gasteiger partial charge on any atom is 0.417 e. The summed E-state index contributed by atoms with van der Waals surface area (Å²) in [5, 5.41) is 8.95. The second-order valence-electron chi connectivity index (χ2n) is 11.5. The molecule has 0 saturated heterocycles. The molecule has 58 heavy (non-hydrogen) atoms. The van der Waals surface area contributed by atoms with Crippen molar-refractivity contribution < 1.29 is 52.8 Å². The molecule has 6 rings (SSSR count). The summed E-state index contributed by atoms with van der Waals surface area (Å²) in [4.78, 5) is 23.5. The zero-order valence-electron chi connectivity index (χ0n) is 28.7. The molecular weight excluding hydrogens is 898 g/mol. The van der Waals surface area contributed by atoms with Gasteiger partial charge in [-0.2, -0.15) is 26.3 Å². The summed E-state index contributed by atoms with van der Waals surface area (Å²) in [5.41, 5.74) is -1.74. The molecule has 0 saturated carbocycles. The Balaban J connectivity index is 0.000000221. The molecule has 2 heterocycles. The lowest BCUT2D eigenvalue weighted by atomic mass is 10.2. The molecule has 0 aliphatic heterocycles. The fraction of sp³-hybridized carbons (Fsp3) is 0.0556. The van der Waals surface area contributed by atoms with E-state index >= 15 is 0 Å². The highest BCUT2D eigenvalue weighted by atomic mass is 35.5. The zero-order valence-corrected chi connectivity index (χ0v) is 33.4. The third kappa shape index (κ3) is 11.3. The van der Waals surface area contributed by atoms with E-state index in [2.05, 4.69) is 20.1 Å². The number of hydrogen-bond acceptors (Lipinski definition) is 8. The Morgan fingerprint density at radius 2 is 1.10 bits per heavy atom. The van der Waals surface area contributed by atoms with E-state index < -0.39 is 65.1 Å². The maximum absolute atomic E-state index is 13.2. The first kappa shape index (κ1) is 44.0. The highest BCUT2D eigenvalue weighted by molar-refractivity contribution is 7.93. The molecule has 0 fully saturated rings. The van der Waals surface area contributed by atoms with Crippen LogP contribution in [0.3, 0.4) is 0 Å². The van der Waals surface area contributed by atoms with Crippen LogP contribution in [-0.2, 0) is 32.4 Å². The smallest absolute Gasteiger partial charge is 0.321 e. The lowest BCUT2D eigenvalue weighted by Crippen LogP contribution is -2.20. The van der Waals surface area contributed by atoms with Gasteiger partial charge in [0.05, 0.1) is 32.3 Å². The van der Waals surface area contributed by atoms with Crippen LogP contribution in [0.15, 0.2) is 130 Å². The number of hydrogen-bond donors (Lipinski definition) is 4. The van der Waals surface area contributed by atoms with E-state index in [0.717, 1.165) is 53.0 Å². The minimum absolute atomic E-state index is 0.0157. The van der Waals surface area contributed by atoms with Crippen molar-refractivity contribution in [2.24, 2.45) is 0 Å². The number of carbonyl (C=O) groups excluding carboxylic acids is 2. The van der Waals surface area contributed by atoms with Crippen molar-refractivity contribution in [2.45, 2.75) is 22.1 Å². The van der Waals surface area contributed by atoms with Crippen LogP contribution in [0, 0.1) is 0 Å². The minimum atomic E-state index is -4.85. The number of alkyl halides is 6. The summed E-state index contributed by atoms with van der Waals surface area (Å²) in [6.07, 6.45) is -9.54. The number of rotatable bonds is 10. The molecule has 4 aromatic carbocycles. The Bertz CT molecular complexity index is 2670. The average molecular weight is 922 g/mol. The van der Waals surface area contributed by atoms with E-state index in [-0.39, 0.29) is 21.1 Å². The molecule has 0 unspecified atom stereocenters. The van der Waals surface area contributed by atoms with E-state index in [0.29, 0.717) is 33.6 Å². The van der Waals surface area contributed by atoms with E-state index in [1.165, 1.54) is 35.0 Å². The highest BCUT2D eigenvalue weighted by Crippen LogP contribution is 2.36. The zero-order chi connectivity index (χ0) is 42.5. The van der Waals surface area contributed by atoms with Crippen LogP contribution >= 0.6 is 45.9 Å². The monoisotopic (exact) mass is 920 g/mol. The van der Waals surface area contributed by atoms with Crippen LogP contribution in [0.4, 0.5) is 49.1 Å². The Hall–Kier alpha value is -5.12. The molecule has 0 aliphatic rings. The summed E-state index contributed by atoms with van der Waals surface area (Å²) < 4.78 is 133. The van der Waals surface area contributed by atoms with Gasteiger partial charge in [0.15, 0.2) is 0 Å². The minimum Gasteiger partial charge on any atom is -0.321 e. The number of sulfonamides is 2. The van der Waals surface area contributed by atoms with E-state index in [1.807, 2.05) is 0 Å². The fourth-order valence-corrected chi connectivity index (χ4v) is 9.14. The normalized spacial score (nSPS) is 11.9. The SMILES string of the molecule is O=C(Nc1ccc(Cl)cc1)c1sccc1NS(=O)(=O)c1cccc(C(F)(F)F)c1.O=C(Nc1cccc(Cl)c1)c1sccc1NS(=O)(=O)c1ccccc1C(F)(F)F. The van der Waals surface area contributed by atoms with Crippen molar-refractivity contribution in [1.29, 1.82) is 0 Å². The summed E-state index contributed by atoms with van der Waals surface area (Å²) in [6.45, 7) is 0. The van der Waals surface area contributed by atoms with Crippen molar-refractivity contribution in [2.75, 3.05) is 20.1 Å². The van der Waals surface area contributed by atoms with Gasteiger partial charge in [-0.05, 0) is 95.7 Å². The van der Waals surface area contributed by atoms with Gasteiger partial charge in [0.1, 0.15) is 9.75 Å². The van der Waals surface area contributed by atoms with Crippen molar-refractivity contribution in [3.8, 4) is 0 Å². The summed E-state index contributed by atoms with van der Waals surface area (Å²) in [5.74, 6) is -1.21. The molecule has 4 N–H and O–H groups in total. The van der Waals surface area contributed by atoms with Crippen LogP contribution in [0.5, 0.6) is 0 Å². The van der Waals surface area contributed by atoms with Crippen molar-refractivity contribution in [3.63, 3.8) is 0 Å². The van der Waals surface area contributed by atoms with E-state index in [4.69, 9.17) is 23.2 Å². The van der Waals surface area contributed by atoms with Gasteiger partial charge in [0.25, 0.3) is 31.9 Å². The van der Waals surface area contributed by atoms with Gasteiger partial charge >= 0.3 is 12.4 Å². The molecule has 22 heteroatoms. The quantitative estimate of drug-likeness (QED) is 0.100. The van der Waals surface area contributed by atoms with Crippen molar-refractivity contribution in [1.82, 2.24) is 0 Å². The van der Waals surface area contributed by atoms with Crippen LogP contribution in [0.25, 0.3) is 0 Å². The molecule has 10 nitrogen and oxygen atoms in total. The number of halogens is 8. The molecule has 2 amide bonds. The average Bonchev–Trinajstić information content (AvgIpc) is 3.81. The molecule has 0 radical (unpaired) electrons. The molecule has 6 aromatic rings. The fourth-order valence-electron chi connectivity index (χ4n) is 4.78. The Morgan fingerprint density at radius 1 is 0.552 bits per heavy atom. The van der Waals surface area contributed by atoms with E-state index in [1.54, 1.807) is 42.5 Å². The number of carbonyl (C=O) groups is 2. The highest BCUT2D eigenvalue weighted by Gasteiger charge is 2.37. The third-order valence-electron chi connectivity index (χ3n) is 7.37. The van der Waals surface area contributed by atoms with Gasteiger partial charge in [-0.15, -0.1) is 22.7 Å². The molecule has 2 aromatic heterocycles. The molecule has 0 spiro atoms. The third-order valence-corrected chi connectivity index (χ3v) is 12.5. The number of thiophene rings is 2. The summed E-state index contributed by atoms with van der Waals surface area (Å²) >= 11 is 13.6. The lowest BCUT2D eigenvalue weighted by molar-refractivity contribution is -0.140. The molecular formula is C36H24Cl2F6N4O6S4. The van der Waals surface area contributed by atoms with Gasteiger partial charge in [0, 0.05) is 21.4 Å². The van der Waals surface area contributed by atoms with E-state index in [9.17, 15) is 52.8 Å². The molecule has 304 valence electrons. The van der Waals surface area contributed by atoms with Gasteiger partial charge in [0.2, 0.25) is 0 Å². The molecule has 0 aliphatic carbocycles. The largest absolute Gasteiger partial charge is 0.417 e. The predicted octanol–water partition coefficient (Wildman–Crippen LogP) is 10.9. The summed E-state index contributed by atoms with van der Waals surface area (Å²) in [6, 6.07) is 22.4. The van der Waals surface area contributed by atoms with Crippen molar-refractivity contribution in [3.05, 3.63) is 151 Å². The van der Waals surface area contributed by atoms with Crippen molar-refractivity contribution >= 4 is 100 Å². The Morgan fingerprint density at radius 3 is 1.67 bits per heavy atom. The first-order valence-corrected chi connectivity index (χ1v) is 21.3. The first-order valence-electron chi connectivity index (χ1n) is 15.8. The van der Waals surface area contributed by atoms with Crippen LogP contribution in [0.2, 0.25) is 10.0 Å². The van der Waals surface area contributed by atoms with Crippen LogP contribution < -0.4 is 20.1 Å². The lowest BCUT2D eigenvalue weighted by Gasteiger charge is -2.14. The van der Waals surface area contributed by atoms with Gasteiger partial charge in [-0.3, -0.25) is 19.0 Å². The molecule has 0 atom stereocenters. The number of amides is 2. The standard InChI is InChI=1S/2C18H12ClF3N2O3S2/c19-11-4-3-5-12(10-11)23-17(25)16-14(8-9-28-16)24-29(26,27)15-7-2-1-6-13(15)18(20,21)22;19-12-4-6-13(7-5-12)23-17(25)16-15(8-9-28-16)24-29(26,27)14-3-1-2-11(10-14)18(20,21)22/h2*1-10,24H,(H,23,25).